The van der Waals surface area contributed by atoms with Crippen molar-refractivity contribution in [3.8, 4) is 5.75 Å². The lowest BCUT2D eigenvalue weighted by atomic mass is 10.2. The lowest BCUT2D eigenvalue weighted by Gasteiger charge is -2.15. The number of benzene rings is 1. The van der Waals surface area contributed by atoms with E-state index in [-0.39, 0.29) is 5.82 Å². The van der Waals surface area contributed by atoms with Crippen LogP contribution in [0.4, 0.5) is 4.39 Å². The Morgan fingerprint density at radius 2 is 2.05 bits per heavy atom. The van der Waals surface area contributed by atoms with Crippen LogP contribution in [-0.4, -0.2) is 37.7 Å². The zero-order valence-electron chi connectivity index (χ0n) is 12.3. The number of hydrogen-bond donors (Lipinski definition) is 1. The van der Waals surface area contributed by atoms with E-state index in [1.165, 1.54) is 32.0 Å². The highest BCUT2D eigenvalue weighted by atomic mass is 19.1. The van der Waals surface area contributed by atoms with Crippen molar-refractivity contribution in [2.24, 2.45) is 0 Å². The summed E-state index contributed by atoms with van der Waals surface area (Å²) in [5, 5.41) is 3.28. The lowest BCUT2D eigenvalue weighted by molar-refractivity contribution is 0.237. The number of nitrogens with zero attached hydrogens (tertiary/aromatic N) is 1. The van der Waals surface area contributed by atoms with Crippen LogP contribution in [0, 0.1) is 5.82 Å². The van der Waals surface area contributed by atoms with E-state index in [0.29, 0.717) is 18.9 Å². The normalized spacial score (nSPS) is 15.7. The second-order valence-corrected chi connectivity index (χ2v) is 5.37. The maximum atomic E-state index is 13.5. The van der Waals surface area contributed by atoms with E-state index >= 15 is 0 Å². The van der Waals surface area contributed by atoms with E-state index < -0.39 is 0 Å². The predicted octanol–water partition coefficient (Wildman–Crippen LogP) is 2.80. The summed E-state index contributed by atoms with van der Waals surface area (Å²) in [6.07, 6.45) is 3.65. The minimum atomic E-state index is -0.225. The van der Waals surface area contributed by atoms with Crippen LogP contribution < -0.4 is 10.1 Å². The Balaban J connectivity index is 1.80. The second-order valence-electron chi connectivity index (χ2n) is 5.37. The Hall–Kier alpha value is -1.13. The van der Waals surface area contributed by atoms with Crippen LogP contribution >= 0.6 is 0 Å². The fourth-order valence-electron chi connectivity index (χ4n) is 2.51. The van der Waals surface area contributed by atoms with Gasteiger partial charge in [-0.1, -0.05) is 6.92 Å². The van der Waals surface area contributed by atoms with Crippen LogP contribution in [-0.2, 0) is 6.54 Å². The van der Waals surface area contributed by atoms with E-state index in [4.69, 9.17) is 4.74 Å². The highest BCUT2D eigenvalue weighted by Gasteiger charge is 2.11. The van der Waals surface area contributed by atoms with Crippen LogP contribution in [0.1, 0.15) is 31.7 Å². The van der Waals surface area contributed by atoms with Crippen molar-refractivity contribution in [2.45, 2.75) is 32.7 Å². The van der Waals surface area contributed by atoms with E-state index in [2.05, 4.69) is 17.1 Å². The highest BCUT2D eigenvalue weighted by Crippen LogP contribution is 2.17. The van der Waals surface area contributed by atoms with Crippen LogP contribution in [0.3, 0.4) is 0 Å². The lowest BCUT2D eigenvalue weighted by Crippen LogP contribution is -2.25. The molecule has 1 aliphatic heterocycles. The molecule has 0 aliphatic carbocycles. The zero-order valence-corrected chi connectivity index (χ0v) is 12.3. The molecule has 1 aromatic carbocycles. The van der Waals surface area contributed by atoms with Gasteiger partial charge in [0.15, 0.2) is 0 Å². The molecule has 0 radical (unpaired) electrons. The number of halogens is 1. The quantitative estimate of drug-likeness (QED) is 0.741. The van der Waals surface area contributed by atoms with Gasteiger partial charge in [0, 0.05) is 19.2 Å². The average Bonchev–Trinajstić information content (AvgIpc) is 2.92. The minimum absolute atomic E-state index is 0.225. The van der Waals surface area contributed by atoms with Crippen LogP contribution in [0.25, 0.3) is 0 Å². The van der Waals surface area contributed by atoms with Gasteiger partial charge in [-0.15, -0.1) is 0 Å². The largest absolute Gasteiger partial charge is 0.492 e. The Bertz CT molecular complexity index is 405. The Kier molecular flexibility index (Phi) is 6.27. The van der Waals surface area contributed by atoms with Crippen LogP contribution in [0.2, 0.25) is 0 Å². The van der Waals surface area contributed by atoms with E-state index in [1.54, 1.807) is 6.07 Å². The summed E-state index contributed by atoms with van der Waals surface area (Å²) in [7, 11) is 0. The molecule has 112 valence electrons. The molecule has 1 saturated heterocycles. The first-order valence-electron chi connectivity index (χ1n) is 7.63. The van der Waals surface area contributed by atoms with E-state index in [1.807, 2.05) is 6.07 Å². The molecule has 20 heavy (non-hydrogen) atoms. The third-order valence-corrected chi connectivity index (χ3v) is 3.56. The monoisotopic (exact) mass is 280 g/mol. The standard InChI is InChI=1S/C16H25FN2O/c1-2-5-18-13-14-10-15(17)12-16(11-14)20-9-8-19-6-3-4-7-19/h10-12,18H,2-9,13H2,1H3. The third-order valence-electron chi connectivity index (χ3n) is 3.56. The van der Waals surface area contributed by atoms with Gasteiger partial charge in [-0.3, -0.25) is 4.90 Å². The van der Waals surface area contributed by atoms with Gasteiger partial charge in [0.05, 0.1) is 0 Å². The molecule has 1 aliphatic rings. The van der Waals surface area contributed by atoms with Gasteiger partial charge in [-0.25, -0.2) is 4.39 Å². The molecule has 0 atom stereocenters. The molecule has 0 aromatic heterocycles. The van der Waals surface area contributed by atoms with Crippen molar-refractivity contribution < 1.29 is 9.13 Å². The molecule has 1 heterocycles. The van der Waals surface area contributed by atoms with Crippen molar-refractivity contribution in [2.75, 3.05) is 32.8 Å². The van der Waals surface area contributed by atoms with Gasteiger partial charge >= 0.3 is 0 Å². The van der Waals surface area contributed by atoms with Gasteiger partial charge in [-0.2, -0.15) is 0 Å². The minimum Gasteiger partial charge on any atom is -0.492 e. The molecule has 1 fully saturated rings. The van der Waals surface area contributed by atoms with Gasteiger partial charge < -0.3 is 10.1 Å². The molecule has 0 unspecified atom stereocenters. The van der Waals surface area contributed by atoms with Crippen molar-refractivity contribution in [3.63, 3.8) is 0 Å². The first-order chi connectivity index (χ1) is 9.78. The summed E-state index contributed by atoms with van der Waals surface area (Å²) in [6, 6.07) is 4.96. The summed E-state index contributed by atoms with van der Waals surface area (Å²) < 4.78 is 19.2. The van der Waals surface area contributed by atoms with Crippen LogP contribution in [0.5, 0.6) is 5.75 Å². The average molecular weight is 280 g/mol. The predicted molar refractivity (Wildman–Crippen MR) is 79.6 cm³/mol. The Labute approximate surface area is 121 Å². The molecule has 0 saturated carbocycles. The summed E-state index contributed by atoms with van der Waals surface area (Å²) in [6.45, 7) is 7.64. The van der Waals surface area contributed by atoms with Gasteiger partial charge in [0.2, 0.25) is 0 Å². The fraction of sp³-hybridized carbons (Fsp3) is 0.625. The summed E-state index contributed by atoms with van der Waals surface area (Å²) in [5.41, 5.74) is 0.939. The molecule has 3 nitrogen and oxygen atoms in total. The molecule has 2 rings (SSSR count). The molecule has 0 bridgehead atoms. The number of rotatable bonds is 8. The van der Waals surface area contributed by atoms with Crippen molar-refractivity contribution in [1.29, 1.82) is 0 Å². The van der Waals surface area contributed by atoms with Gasteiger partial charge in [-0.05, 0) is 56.6 Å². The molecule has 1 N–H and O–H groups in total. The van der Waals surface area contributed by atoms with E-state index in [9.17, 15) is 4.39 Å². The number of nitrogens with one attached hydrogen (secondary N) is 1. The summed E-state index contributed by atoms with van der Waals surface area (Å²) in [5.74, 6) is 0.412. The summed E-state index contributed by atoms with van der Waals surface area (Å²) >= 11 is 0. The van der Waals surface area contributed by atoms with Crippen LogP contribution in [0.15, 0.2) is 18.2 Å². The van der Waals surface area contributed by atoms with Crippen molar-refractivity contribution >= 4 is 0 Å². The zero-order chi connectivity index (χ0) is 14.2. The smallest absolute Gasteiger partial charge is 0.127 e. The number of likely N-dealkylation sites (tertiary alicyclic amines) is 1. The molecular weight excluding hydrogens is 255 g/mol. The van der Waals surface area contributed by atoms with Crippen molar-refractivity contribution in [1.82, 2.24) is 10.2 Å². The van der Waals surface area contributed by atoms with Crippen molar-refractivity contribution in [3.05, 3.63) is 29.6 Å². The SMILES string of the molecule is CCCNCc1cc(F)cc(OCCN2CCCC2)c1. The molecular formula is C16H25FN2O. The maximum absolute atomic E-state index is 13.5. The second kappa shape index (κ2) is 8.22. The Morgan fingerprint density at radius 1 is 1.25 bits per heavy atom. The first kappa shape index (κ1) is 15.3. The third kappa shape index (κ3) is 5.10. The fourth-order valence-corrected chi connectivity index (χ4v) is 2.51. The number of ether oxygens (including phenoxy) is 1. The van der Waals surface area contributed by atoms with Gasteiger partial charge in [0.25, 0.3) is 0 Å². The molecule has 0 amide bonds. The highest BCUT2D eigenvalue weighted by molar-refractivity contribution is 5.29. The number of hydrogen-bond acceptors (Lipinski definition) is 3. The molecule has 0 spiro atoms. The van der Waals surface area contributed by atoms with Gasteiger partial charge in [0.1, 0.15) is 18.2 Å². The topological polar surface area (TPSA) is 24.5 Å². The molecule has 1 aromatic rings. The van der Waals surface area contributed by atoms with E-state index in [0.717, 1.165) is 25.1 Å². The summed E-state index contributed by atoms with van der Waals surface area (Å²) in [4.78, 5) is 2.39. The first-order valence-corrected chi connectivity index (χ1v) is 7.63. The maximum Gasteiger partial charge on any atom is 0.127 e. The molecule has 4 heteroatoms. The Morgan fingerprint density at radius 3 is 2.80 bits per heavy atom.